The predicted octanol–water partition coefficient (Wildman–Crippen LogP) is 4.02. The van der Waals surface area contributed by atoms with Crippen LogP contribution < -0.4 is 10.6 Å². The molecule has 2 rings (SSSR count). The molecule has 0 aliphatic heterocycles. The van der Waals surface area contributed by atoms with Gasteiger partial charge in [-0.25, -0.2) is 4.79 Å². The first-order valence-corrected chi connectivity index (χ1v) is 10.3. The molecule has 0 radical (unpaired) electrons. The summed E-state index contributed by atoms with van der Waals surface area (Å²) in [6, 6.07) is 10.1. The molecular formula is C23H28ClN3O5. The van der Waals surface area contributed by atoms with Gasteiger partial charge in [-0.3, -0.25) is 9.59 Å². The van der Waals surface area contributed by atoms with Crippen LogP contribution in [0.2, 0.25) is 5.02 Å². The molecule has 0 heterocycles. The van der Waals surface area contributed by atoms with E-state index in [1.807, 2.05) is 0 Å². The second kappa shape index (κ2) is 10.4. The number of halogens is 1. The number of aromatic hydroxyl groups is 1. The molecule has 0 saturated heterocycles. The average molecular weight is 462 g/mol. The largest absolute Gasteiger partial charge is 0.508 e. The van der Waals surface area contributed by atoms with E-state index in [0.29, 0.717) is 16.3 Å². The standard InChI is InChI=1S/C23H28ClN3O5/c1-14-7-6-8-17(24)19(14)26-21(30)20(15-9-11-16(28)12-10-15)27(5)18(29)13-25-22(31)32-23(2,3)4/h6-12,20,28H,13H2,1-5H3,(H,25,31)(H,26,30). The monoisotopic (exact) mass is 461 g/mol. The molecule has 0 bridgehead atoms. The fourth-order valence-electron chi connectivity index (χ4n) is 2.92. The summed E-state index contributed by atoms with van der Waals surface area (Å²) >= 11 is 6.23. The molecular weight excluding hydrogens is 434 g/mol. The molecule has 9 heteroatoms. The lowest BCUT2D eigenvalue weighted by Gasteiger charge is -2.28. The van der Waals surface area contributed by atoms with Gasteiger partial charge in [-0.1, -0.05) is 35.9 Å². The summed E-state index contributed by atoms with van der Waals surface area (Å²) in [7, 11) is 1.45. The summed E-state index contributed by atoms with van der Waals surface area (Å²) in [5, 5.41) is 15.2. The SMILES string of the molecule is Cc1cccc(Cl)c1NC(=O)C(c1ccc(O)cc1)N(C)C(=O)CNC(=O)OC(C)(C)C. The highest BCUT2D eigenvalue weighted by atomic mass is 35.5. The molecule has 32 heavy (non-hydrogen) atoms. The molecule has 0 aliphatic carbocycles. The van der Waals surface area contributed by atoms with Gasteiger partial charge in [0.1, 0.15) is 23.9 Å². The number of likely N-dealkylation sites (N-methyl/N-ethyl adjacent to an activating group) is 1. The van der Waals surface area contributed by atoms with E-state index in [4.69, 9.17) is 16.3 Å². The zero-order valence-corrected chi connectivity index (χ0v) is 19.5. The number of benzene rings is 2. The van der Waals surface area contributed by atoms with E-state index in [1.165, 1.54) is 24.1 Å². The Hall–Kier alpha value is -3.26. The van der Waals surface area contributed by atoms with Crippen molar-refractivity contribution in [2.75, 3.05) is 18.9 Å². The van der Waals surface area contributed by atoms with E-state index in [0.717, 1.165) is 5.56 Å². The number of phenolic OH excluding ortho intramolecular Hbond substituents is 1. The van der Waals surface area contributed by atoms with Crippen LogP contribution >= 0.6 is 11.6 Å². The summed E-state index contributed by atoms with van der Waals surface area (Å²) in [6.07, 6.45) is -0.739. The molecule has 1 atom stereocenters. The maximum atomic E-state index is 13.2. The molecule has 1 unspecified atom stereocenters. The normalized spacial score (nSPS) is 11.9. The summed E-state index contributed by atoms with van der Waals surface area (Å²) in [5.74, 6) is -0.990. The Balaban J connectivity index is 2.24. The highest BCUT2D eigenvalue weighted by molar-refractivity contribution is 6.34. The molecule has 2 aromatic carbocycles. The Morgan fingerprint density at radius 2 is 1.75 bits per heavy atom. The highest BCUT2D eigenvalue weighted by Crippen LogP contribution is 2.29. The third-order valence-electron chi connectivity index (χ3n) is 4.49. The fourth-order valence-corrected chi connectivity index (χ4v) is 3.19. The lowest BCUT2D eigenvalue weighted by molar-refractivity contribution is -0.136. The summed E-state index contributed by atoms with van der Waals surface area (Å²) in [4.78, 5) is 39.1. The minimum absolute atomic E-state index is 0.0235. The average Bonchev–Trinajstić information content (AvgIpc) is 2.69. The van der Waals surface area contributed by atoms with Crippen LogP contribution in [0.15, 0.2) is 42.5 Å². The number of hydrogen-bond donors (Lipinski definition) is 3. The van der Waals surface area contributed by atoms with Gasteiger partial charge in [-0.2, -0.15) is 0 Å². The van der Waals surface area contributed by atoms with Crippen molar-refractivity contribution in [2.24, 2.45) is 0 Å². The summed E-state index contributed by atoms with van der Waals surface area (Å²) in [6.45, 7) is 6.57. The highest BCUT2D eigenvalue weighted by Gasteiger charge is 2.30. The van der Waals surface area contributed by atoms with E-state index in [2.05, 4.69) is 10.6 Å². The molecule has 3 N–H and O–H groups in total. The van der Waals surface area contributed by atoms with E-state index < -0.39 is 29.6 Å². The van der Waals surface area contributed by atoms with E-state index in [9.17, 15) is 19.5 Å². The van der Waals surface area contributed by atoms with Gasteiger partial charge >= 0.3 is 6.09 Å². The van der Waals surface area contributed by atoms with Crippen molar-refractivity contribution in [3.05, 3.63) is 58.6 Å². The molecule has 3 amide bonds. The molecule has 0 fully saturated rings. The van der Waals surface area contributed by atoms with Gasteiger partial charge in [0, 0.05) is 7.05 Å². The lowest BCUT2D eigenvalue weighted by atomic mass is 10.0. The van der Waals surface area contributed by atoms with Crippen molar-refractivity contribution < 1.29 is 24.2 Å². The molecule has 0 spiro atoms. The number of hydrogen-bond acceptors (Lipinski definition) is 5. The van der Waals surface area contributed by atoms with Crippen LogP contribution in [0.5, 0.6) is 5.75 Å². The van der Waals surface area contributed by atoms with Crippen LogP contribution in [0.1, 0.15) is 37.9 Å². The zero-order chi connectivity index (χ0) is 24.1. The Labute approximate surface area is 192 Å². The van der Waals surface area contributed by atoms with Crippen molar-refractivity contribution in [3.8, 4) is 5.75 Å². The number of aryl methyl sites for hydroxylation is 1. The van der Waals surface area contributed by atoms with Gasteiger partial charge in [0.2, 0.25) is 5.91 Å². The van der Waals surface area contributed by atoms with E-state index in [1.54, 1.807) is 58.0 Å². The Kier molecular flexibility index (Phi) is 8.10. The first-order valence-electron chi connectivity index (χ1n) is 9.96. The fraction of sp³-hybridized carbons (Fsp3) is 0.348. The topological polar surface area (TPSA) is 108 Å². The number of rotatable bonds is 6. The number of nitrogens with one attached hydrogen (secondary N) is 2. The van der Waals surface area contributed by atoms with E-state index in [-0.39, 0.29) is 12.3 Å². The van der Waals surface area contributed by atoms with Gasteiger partial charge in [0.15, 0.2) is 0 Å². The molecule has 0 saturated carbocycles. The van der Waals surface area contributed by atoms with Gasteiger partial charge < -0.3 is 25.4 Å². The number of nitrogens with zero attached hydrogens (tertiary/aromatic N) is 1. The number of carbonyl (C=O) groups is 3. The summed E-state index contributed by atoms with van der Waals surface area (Å²) in [5.41, 5.74) is 0.963. The second-order valence-corrected chi connectivity index (χ2v) is 8.68. The number of anilines is 1. The first kappa shape index (κ1) is 25.0. The van der Waals surface area contributed by atoms with Crippen molar-refractivity contribution in [1.29, 1.82) is 0 Å². The second-order valence-electron chi connectivity index (χ2n) is 8.28. The minimum Gasteiger partial charge on any atom is -0.508 e. The molecule has 172 valence electrons. The maximum absolute atomic E-state index is 13.2. The number of alkyl carbamates (subject to hydrolysis) is 1. The third kappa shape index (κ3) is 6.88. The van der Waals surface area contributed by atoms with E-state index >= 15 is 0 Å². The minimum atomic E-state index is -1.04. The number of para-hydroxylation sites is 1. The molecule has 2 aromatic rings. The van der Waals surface area contributed by atoms with Crippen LogP contribution in [-0.4, -0.2) is 47.1 Å². The number of ether oxygens (including phenoxy) is 1. The number of carbonyl (C=O) groups excluding carboxylic acids is 3. The van der Waals surface area contributed by atoms with Crippen molar-refractivity contribution in [1.82, 2.24) is 10.2 Å². The first-order chi connectivity index (χ1) is 14.9. The van der Waals surface area contributed by atoms with Crippen LogP contribution in [0.4, 0.5) is 10.5 Å². The number of phenols is 1. The quantitative estimate of drug-likeness (QED) is 0.602. The van der Waals surface area contributed by atoms with Gasteiger partial charge in [0.05, 0.1) is 10.7 Å². The molecule has 0 aromatic heterocycles. The van der Waals surface area contributed by atoms with Crippen LogP contribution in [0.3, 0.4) is 0 Å². The van der Waals surface area contributed by atoms with Gasteiger partial charge in [0.25, 0.3) is 5.91 Å². The lowest BCUT2D eigenvalue weighted by Crippen LogP contribution is -2.44. The Morgan fingerprint density at radius 3 is 2.31 bits per heavy atom. The predicted molar refractivity (Wildman–Crippen MR) is 123 cm³/mol. The molecule has 8 nitrogen and oxygen atoms in total. The third-order valence-corrected chi connectivity index (χ3v) is 4.81. The van der Waals surface area contributed by atoms with Crippen molar-refractivity contribution in [3.63, 3.8) is 0 Å². The Bertz CT molecular complexity index is 966. The van der Waals surface area contributed by atoms with Crippen molar-refractivity contribution >= 4 is 35.2 Å². The van der Waals surface area contributed by atoms with Crippen molar-refractivity contribution in [2.45, 2.75) is 39.3 Å². The van der Waals surface area contributed by atoms with Crippen LogP contribution in [0, 0.1) is 6.92 Å². The zero-order valence-electron chi connectivity index (χ0n) is 18.7. The smallest absolute Gasteiger partial charge is 0.408 e. The van der Waals surface area contributed by atoms with Crippen LogP contribution in [0.25, 0.3) is 0 Å². The Morgan fingerprint density at radius 1 is 1.12 bits per heavy atom. The van der Waals surface area contributed by atoms with Gasteiger partial charge in [-0.05, 0) is 57.0 Å². The van der Waals surface area contributed by atoms with Gasteiger partial charge in [-0.15, -0.1) is 0 Å². The number of amides is 3. The maximum Gasteiger partial charge on any atom is 0.408 e. The van der Waals surface area contributed by atoms with Crippen LogP contribution in [-0.2, 0) is 14.3 Å². The summed E-state index contributed by atoms with van der Waals surface area (Å²) < 4.78 is 5.14. The molecule has 0 aliphatic rings.